The summed E-state index contributed by atoms with van der Waals surface area (Å²) in [5.74, 6) is 1.42. The molecule has 0 amide bonds. The summed E-state index contributed by atoms with van der Waals surface area (Å²) in [4.78, 5) is 0. The van der Waals surface area contributed by atoms with E-state index in [0.29, 0.717) is 5.02 Å². The van der Waals surface area contributed by atoms with Crippen LogP contribution in [-0.4, -0.2) is 6.54 Å². The maximum atomic E-state index is 12.9. The van der Waals surface area contributed by atoms with Crippen molar-refractivity contribution >= 4 is 11.6 Å². The fourth-order valence-corrected chi connectivity index (χ4v) is 2.84. The minimum atomic E-state index is -0.273. The molecule has 0 unspecified atom stereocenters. The smallest absolute Gasteiger partial charge is 0.124 e. The molecule has 0 saturated heterocycles. The Hall–Kier alpha value is -0.600. The third-order valence-electron chi connectivity index (χ3n) is 3.90. The van der Waals surface area contributed by atoms with Crippen LogP contribution in [0, 0.1) is 17.7 Å². The summed E-state index contributed by atoms with van der Waals surface area (Å²) in [6.07, 6.45) is 5.35. The van der Waals surface area contributed by atoms with Gasteiger partial charge in [-0.15, -0.1) is 0 Å². The van der Waals surface area contributed by atoms with E-state index in [2.05, 4.69) is 12.2 Å². The normalized spacial score (nSPS) is 24.2. The summed E-state index contributed by atoms with van der Waals surface area (Å²) in [6.45, 7) is 4.10. The molecule has 18 heavy (non-hydrogen) atoms. The highest BCUT2D eigenvalue weighted by atomic mass is 35.5. The van der Waals surface area contributed by atoms with E-state index >= 15 is 0 Å². The molecule has 1 aliphatic carbocycles. The van der Waals surface area contributed by atoms with Gasteiger partial charge in [0.2, 0.25) is 0 Å². The number of hydrogen-bond acceptors (Lipinski definition) is 1. The van der Waals surface area contributed by atoms with E-state index in [1.807, 2.05) is 0 Å². The first-order valence-corrected chi connectivity index (χ1v) is 7.17. The van der Waals surface area contributed by atoms with Gasteiger partial charge in [-0.2, -0.15) is 0 Å². The number of rotatable bonds is 4. The maximum Gasteiger partial charge on any atom is 0.124 e. The van der Waals surface area contributed by atoms with Gasteiger partial charge >= 0.3 is 0 Å². The van der Waals surface area contributed by atoms with Crippen molar-refractivity contribution in [1.82, 2.24) is 5.32 Å². The summed E-state index contributed by atoms with van der Waals surface area (Å²) >= 11 is 5.99. The Labute approximate surface area is 114 Å². The van der Waals surface area contributed by atoms with E-state index in [1.165, 1.54) is 37.8 Å². The Morgan fingerprint density at radius 1 is 1.28 bits per heavy atom. The lowest BCUT2D eigenvalue weighted by atomic mass is 9.83. The third kappa shape index (κ3) is 3.96. The zero-order valence-electron chi connectivity index (χ0n) is 10.9. The number of hydrogen-bond donors (Lipinski definition) is 1. The first-order valence-electron chi connectivity index (χ1n) is 6.80. The van der Waals surface area contributed by atoms with Gasteiger partial charge in [0.15, 0.2) is 0 Å². The molecule has 2 rings (SSSR count). The van der Waals surface area contributed by atoms with Gasteiger partial charge in [0.25, 0.3) is 0 Å². The molecule has 0 aromatic heterocycles. The molecule has 3 heteroatoms. The average molecular weight is 270 g/mol. The topological polar surface area (TPSA) is 12.0 Å². The molecule has 0 heterocycles. The second kappa shape index (κ2) is 6.53. The number of nitrogens with one attached hydrogen (secondary N) is 1. The van der Waals surface area contributed by atoms with Gasteiger partial charge in [0, 0.05) is 11.6 Å². The Morgan fingerprint density at radius 2 is 2.00 bits per heavy atom. The zero-order valence-corrected chi connectivity index (χ0v) is 11.6. The summed E-state index contributed by atoms with van der Waals surface area (Å²) in [5.41, 5.74) is 0.974. The summed E-state index contributed by atoms with van der Waals surface area (Å²) in [6, 6.07) is 4.60. The Kier molecular flexibility index (Phi) is 5.02. The van der Waals surface area contributed by atoms with E-state index in [-0.39, 0.29) is 5.82 Å². The highest BCUT2D eigenvalue weighted by molar-refractivity contribution is 6.31. The standard InChI is InChI=1S/C15H21ClFN/c1-11-2-4-12(5-3-11)9-18-10-13-6-7-14(17)8-15(13)16/h6-8,11-12,18H,2-5,9-10H2,1H3. The van der Waals surface area contributed by atoms with Crippen molar-refractivity contribution in [1.29, 1.82) is 0 Å². The monoisotopic (exact) mass is 269 g/mol. The molecule has 0 aliphatic heterocycles. The Bertz CT molecular complexity index is 386. The molecule has 1 nitrogen and oxygen atoms in total. The second-order valence-electron chi connectivity index (χ2n) is 5.49. The van der Waals surface area contributed by atoms with Crippen LogP contribution in [0.1, 0.15) is 38.2 Å². The van der Waals surface area contributed by atoms with Gasteiger partial charge in [-0.05, 0) is 48.9 Å². The zero-order chi connectivity index (χ0) is 13.0. The molecular formula is C15H21ClFN. The van der Waals surface area contributed by atoms with E-state index in [1.54, 1.807) is 6.07 Å². The van der Waals surface area contributed by atoms with Crippen LogP contribution in [0.15, 0.2) is 18.2 Å². The van der Waals surface area contributed by atoms with Gasteiger partial charge < -0.3 is 5.32 Å². The summed E-state index contributed by atoms with van der Waals surface area (Å²) < 4.78 is 12.9. The van der Waals surface area contributed by atoms with E-state index in [9.17, 15) is 4.39 Å². The lowest BCUT2D eigenvalue weighted by molar-refractivity contribution is 0.281. The lowest BCUT2D eigenvalue weighted by Crippen LogP contribution is -2.25. The fraction of sp³-hybridized carbons (Fsp3) is 0.600. The van der Waals surface area contributed by atoms with Crippen LogP contribution in [0.3, 0.4) is 0 Å². The van der Waals surface area contributed by atoms with Crippen LogP contribution < -0.4 is 5.32 Å². The van der Waals surface area contributed by atoms with Gasteiger partial charge in [0.1, 0.15) is 5.82 Å². The van der Waals surface area contributed by atoms with Crippen molar-refractivity contribution in [2.75, 3.05) is 6.54 Å². The molecule has 0 atom stereocenters. The molecule has 1 aromatic rings. The molecule has 1 N–H and O–H groups in total. The second-order valence-corrected chi connectivity index (χ2v) is 5.90. The van der Waals surface area contributed by atoms with Crippen LogP contribution in [0.25, 0.3) is 0 Å². The van der Waals surface area contributed by atoms with Crippen molar-refractivity contribution in [3.8, 4) is 0 Å². The molecule has 1 aromatic carbocycles. The van der Waals surface area contributed by atoms with Crippen LogP contribution in [0.4, 0.5) is 4.39 Å². The first kappa shape index (κ1) is 13.8. The van der Waals surface area contributed by atoms with Crippen LogP contribution in [0.5, 0.6) is 0 Å². The van der Waals surface area contributed by atoms with Crippen LogP contribution in [0.2, 0.25) is 5.02 Å². The molecule has 0 radical (unpaired) electrons. The van der Waals surface area contributed by atoms with E-state index in [4.69, 9.17) is 11.6 Å². The maximum absolute atomic E-state index is 12.9. The van der Waals surface area contributed by atoms with Gasteiger partial charge in [-0.25, -0.2) is 4.39 Å². The Balaban J connectivity index is 1.75. The lowest BCUT2D eigenvalue weighted by Gasteiger charge is -2.26. The highest BCUT2D eigenvalue weighted by Crippen LogP contribution is 2.27. The van der Waals surface area contributed by atoms with Gasteiger partial charge in [-0.3, -0.25) is 0 Å². The van der Waals surface area contributed by atoms with E-state index < -0.39 is 0 Å². The van der Waals surface area contributed by atoms with Crippen LogP contribution >= 0.6 is 11.6 Å². The molecular weight excluding hydrogens is 249 g/mol. The predicted octanol–water partition coefficient (Wildman–Crippen LogP) is 4.40. The van der Waals surface area contributed by atoms with Crippen molar-refractivity contribution in [2.45, 2.75) is 39.2 Å². The average Bonchev–Trinajstić information content (AvgIpc) is 2.34. The number of halogens is 2. The molecule has 100 valence electrons. The predicted molar refractivity (Wildman–Crippen MR) is 74.2 cm³/mol. The Morgan fingerprint density at radius 3 is 2.67 bits per heavy atom. The quantitative estimate of drug-likeness (QED) is 0.855. The van der Waals surface area contributed by atoms with Gasteiger partial charge in [0.05, 0.1) is 0 Å². The molecule has 0 spiro atoms. The van der Waals surface area contributed by atoms with Crippen molar-refractivity contribution in [3.05, 3.63) is 34.6 Å². The molecule has 1 aliphatic rings. The number of benzene rings is 1. The van der Waals surface area contributed by atoms with Gasteiger partial charge in [-0.1, -0.05) is 37.4 Å². The first-order chi connectivity index (χ1) is 8.65. The minimum Gasteiger partial charge on any atom is -0.312 e. The van der Waals surface area contributed by atoms with Crippen molar-refractivity contribution in [3.63, 3.8) is 0 Å². The highest BCUT2D eigenvalue weighted by Gasteiger charge is 2.17. The van der Waals surface area contributed by atoms with Crippen molar-refractivity contribution < 1.29 is 4.39 Å². The fourth-order valence-electron chi connectivity index (χ4n) is 2.61. The van der Waals surface area contributed by atoms with Crippen molar-refractivity contribution in [2.24, 2.45) is 11.8 Å². The summed E-state index contributed by atoms with van der Waals surface area (Å²) in [7, 11) is 0. The van der Waals surface area contributed by atoms with Crippen LogP contribution in [-0.2, 0) is 6.54 Å². The largest absolute Gasteiger partial charge is 0.312 e. The SMILES string of the molecule is CC1CCC(CNCc2ccc(F)cc2Cl)CC1. The molecule has 1 fully saturated rings. The molecule has 1 saturated carbocycles. The summed E-state index contributed by atoms with van der Waals surface area (Å²) in [5, 5.41) is 3.95. The van der Waals surface area contributed by atoms with E-state index in [0.717, 1.165) is 30.5 Å². The molecule has 0 bridgehead atoms. The minimum absolute atomic E-state index is 0.273. The third-order valence-corrected chi connectivity index (χ3v) is 4.25.